The molecule has 2 N–H and O–H groups in total. The zero-order chi connectivity index (χ0) is 12.3. The summed E-state index contributed by atoms with van der Waals surface area (Å²) in [7, 11) is 3.17. The van der Waals surface area contributed by atoms with E-state index in [-0.39, 0.29) is 5.54 Å². The van der Waals surface area contributed by atoms with Gasteiger partial charge in [0, 0.05) is 5.54 Å². The maximum Gasteiger partial charge on any atom is 0.144 e. The molecule has 0 saturated heterocycles. The second-order valence-corrected chi connectivity index (χ2v) is 4.82. The third-order valence-electron chi connectivity index (χ3n) is 2.21. The number of rotatable bonds is 4. The van der Waals surface area contributed by atoms with Crippen LogP contribution in [0, 0.1) is 0 Å². The van der Waals surface area contributed by atoms with Gasteiger partial charge in [0.05, 0.1) is 14.2 Å². The van der Waals surface area contributed by atoms with Crippen molar-refractivity contribution in [3.8, 4) is 11.5 Å². The van der Waals surface area contributed by atoms with E-state index >= 15 is 0 Å². The maximum absolute atomic E-state index is 6.15. The Morgan fingerprint density at radius 3 is 2.31 bits per heavy atom. The average molecular weight is 244 g/mol. The molecule has 90 valence electrons. The summed E-state index contributed by atoms with van der Waals surface area (Å²) in [5.41, 5.74) is 6.67. The Bertz CT molecular complexity index is 372. The van der Waals surface area contributed by atoms with Gasteiger partial charge in [-0.3, -0.25) is 0 Å². The van der Waals surface area contributed by atoms with Gasteiger partial charge in [0.15, 0.2) is 0 Å². The zero-order valence-corrected chi connectivity index (χ0v) is 10.9. The van der Waals surface area contributed by atoms with Gasteiger partial charge in [-0.1, -0.05) is 17.7 Å². The molecular formula is C12H18ClNO2. The van der Waals surface area contributed by atoms with Gasteiger partial charge in [-0.05, 0) is 31.9 Å². The fourth-order valence-corrected chi connectivity index (χ4v) is 1.93. The Morgan fingerprint density at radius 2 is 1.88 bits per heavy atom. The number of benzene rings is 1. The first kappa shape index (κ1) is 13.1. The highest BCUT2D eigenvalue weighted by atomic mass is 35.5. The molecular weight excluding hydrogens is 226 g/mol. The van der Waals surface area contributed by atoms with Crippen LogP contribution < -0.4 is 15.2 Å². The summed E-state index contributed by atoms with van der Waals surface area (Å²) in [4.78, 5) is 0. The highest BCUT2D eigenvalue weighted by molar-refractivity contribution is 6.33. The molecule has 0 spiro atoms. The minimum Gasteiger partial charge on any atom is -0.495 e. The van der Waals surface area contributed by atoms with Crippen LogP contribution in [0.15, 0.2) is 12.1 Å². The van der Waals surface area contributed by atoms with E-state index < -0.39 is 0 Å². The summed E-state index contributed by atoms with van der Waals surface area (Å²) in [6.45, 7) is 3.93. The van der Waals surface area contributed by atoms with Crippen molar-refractivity contribution in [3.63, 3.8) is 0 Å². The lowest BCUT2D eigenvalue weighted by molar-refractivity contribution is 0.387. The molecule has 0 radical (unpaired) electrons. The fourth-order valence-electron chi connectivity index (χ4n) is 1.59. The molecule has 0 fully saturated rings. The smallest absolute Gasteiger partial charge is 0.144 e. The van der Waals surface area contributed by atoms with E-state index in [1.165, 1.54) is 0 Å². The molecule has 1 aromatic carbocycles. The summed E-state index contributed by atoms with van der Waals surface area (Å²) in [6, 6.07) is 3.75. The molecule has 0 aromatic heterocycles. The molecule has 0 aliphatic carbocycles. The summed E-state index contributed by atoms with van der Waals surface area (Å²) in [5, 5.41) is 0.492. The number of nitrogens with two attached hydrogens (primary N) is 1. The van der Waals surface area contributed by atoms with E-state index in [1.54, 1.807) is 14.2 Å². The minimum atomic E-state index is -0.300. The second-order valence-electron chi connectivity index (χ2n) is 4.44. The van der Waals surface area contributed by atoms with Crippen LogP contribution in [0.3, 0.4) is 0 Å². The van der Waals surface area contributed by atoms with Gasteiger partial charge in [0.2, 0.25) is 0 Å². The van der Waals surface area contributed by atoms with Crippen LogP contribution in [-0.4, -0.2) is 19.8 Å². The Labute approximate surface area is 101 Å². The van der Waals surface area contributed by atoms with E-state index in [2.05, 4.69) is 0 Å². The van der Waals surface area contributed by atoms with Crippen LogP contribution in [0.5, 0.6) is 11.5 Å². The van der Waals surface area contributed by atoms with Crippen molar-refractivity contribution in [2.75, 3.05) is 14.2 Å². The normalized spacial score (nSPS) is 11.4. The maximum atomic E-state index is 6.15. The molecule has 0 heterocycles. The van der Waals surface area contributed by atoms with E-state index in [0.29, 0.717) is 22.9 Å². The first-order valence-electron chi connectivity index (χ1n) is 5.07. The lowest BCUT2D eigenvalue weighted by Crippen LogP contribution is -2.34. The quantitative estimate of drug-likeness (QED) is 0.884. The van der Waals surface area contributed by atoms with Crippen LogP contribution in [0.2, 0.25) is 5.02 Å². The van der Waals surface area contributed by atoms with E-state index in [1.807, 2.05) is 26.0 Å². The molecule has 0 amide bonds. The van der Waals surface area contributed by atoms with Gasteiger partial charge in [0.1, 0.15) is 16.5 Å². The monoisotopic (exact) mass is 243 g/mol. The van der Waals surface area contributed by atoms with Gasteiger partial charge in [-0.25, -0.2) is 0 Å². The predicted molar refractivity (Wildman–Crippen MR) is 66.5 cm³/mol. The molecule has 0 bridgehead atoms. The Kier molecular flexibility index (Phi) is 4.05. The topological polar surface area (TPSA) is 44.5 Å². The molecule has 0 atom stereocenters. The fraction of sp³-hybridized carbons (Fsp3) is 0.500. The van der Waals surface area contributed by atoms with Crippen molar-refractivity contribution >= 4 is 11.6 Å². The van der Waals surface area contributed by atoms with Crippen molar-refractivity contribution in [2.45, 2.75) is 25.8 Å². The SMILES string of the molecule is COc1ccc(CC(C)(C)N)c(OC)c1Cl. The number of halogens is 1. The van der Waals surface area contributed by atoms with Crippen molar-refractivity contribution in [1.82, 2.24) is 0 Å². The summed E-state index contributed by atoms with van der Waals surface area (Å²) < 4.78 is 10.4. The highest BCUT2D eigenvalue weighted by Gasteiger charge is 2.18. The van der Waals surface area contributed by atoms with Crippen molar-refractivity contribution in [3.05, 3.63) is 22.7 Å². The van der Waals surface area contributed by atoms with Crippen LogP contribution in [-0.2, 0) is 6.42 Å². The lowest BCUT2D eigenvalue weighted by atomic mass is 9.95. The number of methoxy groups -OCH3 is 2. The van der Waals surface area contributed by atoms with Crippen LogP contribution >= 0.6 is 11.6 Å². The lowest BCUT2D eigenvalue weighted by Gasteiger charge is -2.21. The predicted octanol–water partition coefficient (Wildman–Crippen LogP) is 2.64. The van der Waals surface area contributed by atoms with E-state index in [4.69, 9.17) is 26.8 Å². The Balaban J connectivity index is 3.16. The Hall–Kier alpha value is -0.930. The molecule has 0 saturated carbocycles. The van der Waals surface area contributed by atoms with Crippen molar-refractivity contribution in [1.29, 1.82) is 0 Å². The number of hydrogen-bond donors (Lipinski definition) is 1. The van der Waals surface area contributed by atoms with Gasteiger partial charge >= 0.3 is 0 Å². The van der Waals surface area contributed by atoms with Gasteiger partial charge in [0.25, 0.3) is 0 Å². The largest absolute Gasteiger partial charge is 0.495 e. The third kappa shape index (κ3) is 3.03. The molecule has 0 aliphatic heterocycles. The standard InChI is InChI=1S/C12H18ClNO2/c1-12(2,14)7-8-5-6-9(15-3)10(13)11(8)16-4/h5-6H,7,14H2,1-4H3. The van der Waals surface area contributed by atoms with Crippen LogP contribution in [0.25, 0.3) is 0 Å². The van der Waals surface area contributed by atoms with E-state index in [9.17, 15) is 0 Å². The molecule has 3 nitrogen and oxygen atoms in total. The van der Waals surface area contributed by atoms with Crippen LogP contribution in [0.4, 0.5) is 0 Å². The molecule has 0 unspecified atom stereocenters. The van der Waals surface area contributed by atoms with Gasteiger partial charge < -0.3 is 15.2 Å². The number of hydrogen-bond acceptors (Lipinski definition) is 3. The Morgan fingerprint density at radius 1 is 1.25 bits per heavy atom. The molecule has 1 rings (SSSR count). The summed E-state index contributed by atoms with van der Waals surface area (Å²) >= 11 is 6.15. The summed E-state index contributed by atoms with van der Waals surface area (Å²) in [6.07, 6.45) is 0.694. The van der Waals surface area contributed by atoms with E-state index in [0.717, 1.165) is 5.56 Å². The van der Waals surface area contributed by atoms with Crippen molar-refractivity contribution < 1.29 is 9.47 Å². The summed E-state index contributed by atoms with van der Waals surface area (Å²) in [5.74, 6) is 1.25. The zero-order valence-electron chi connectivity index (χ0n) is 10.1. The second kappa shape index (κ2) is 4.93. The molecule has 16 heavy (non-hydrogen) atoms. The first-order valence-corrected chi connectivity index (χ1v) is 5.45. The first-order chi connectivity index (χ1) is 7.39. The average Bonchev–Trinajstić information content (AvgIpc) is 2.16. The van der Waals surface area contributed by atoms with Gasteiger partial charge in [-0.15, -0.1) is 0 Å². The molecule has 1 aromatic rings. The van der Waals surface area contributed by atoms with Gasteiger partial charge in [-0.2, -0.15) is 0 Å². The third-order valence-corrected chi connectivity index (χ3v) is 2.57. The highest BCUT2D eigenvalue weighted by Crippen LogP contribution is 2.37. The van der Waals surface area contributed by atoms with Crippen molar-refractivity contribution in [2.24, 2.45) is 5.73 Å². The minimum absolute atomic E-state index is 0.300. The molecule has 4 heteroatoms. The number of ether oxygens (including phenoxy) is 2. The molecule has 0 aliphatic rings. The van der Waals surface area contributed by atoms with Crippen LogP contribution in [0.1, 0.15) is 19.4 Å².